The quantitative estimate of drug-likeness (QED) is 0.162. The third-order valence-electron chi connectivity index (χ3n) is 12.6. The summed E-state index contributed by atoms with van der Waals surface area (Å²) in [5.41, 5.74) is 21.4. The molecule has 0 nitrogen and oxygen atoms in total. The molecule has 11 rings (SSSR count). The lowest BCUT2D eigenvalue weighted by molar-refractivity contribution is 0.660. The average Bonchev–Trinajstić information content (AvgIpc) is 3.81. The number of aryl methyl sites for hydroxylation is 4. The topological polar surface area (TPSA) is 0 Å². The van der Waals surface area contributed by atoms with E-state index in [-0.39, 0.29) is 5.41 Å². The second-order valence-corrected chi connectivity index (χ2v) is 18.4. The molecule has 9 aromatic rings. The molecule has 2 aliphatic rings. The Morgan fingerprint density at radius 2 is 0.968 bits per heavy atom. The number of allylic oxidation sites excluding steroid dienone is 1. The second kappa shape index (κ2) is 17.8. The molecule has 0 radical (unpaired) electrons. The first-order valence-electron chi connectivity index (χ1n) is 22.1. The van der Waals surface area contributed by atoms with Crippen LogP contribution in [0.15, 0.2) is 194 Å². The summed E-state index contributed by atoms with van der Waals surface area (Å²) in [7, 11) is 0. The summed E-state index contributed by atoms with van der Waals surface area (Å²) in [6, 6.07) is 68.3. The van der Waals surface area contributed by atoms with Gasteiger partial charge in [-0.15, -0.1) is 11.3 Å². The summed E-state index contributed by atoms with van der Waals surface area (Å²) in [5.74, 6) is 0. The van der Waals surface area contributed by atoms with Gasteiger partial charge in [-0.2, -0.15) is 0 Å². The van der Waals surface area contributed by atoms with Gasteiger partial charge >= 0.3 is 0 Å². The normalized spacial score (nSPS) is 12.9. The van der Waals surface area contributed by atoms with Gasteiger partial charge in [0.15, 0.2) is 0 Å². The lowest BCUT2D eigenvalue weighted by Gasteiger charge is -2.22. The highest BCUT2D eigenvalue weighted by atomic mass is 32.1. The van der Waals surface area contributed by atoms with Gasteiger partial charge in [0.2, 0.25) is 0 Å². The summed E-state index contributed by atoms with van der Waals surface area (Å²) in [6.45, 7) is 11.1. The average molecular weight is 819 g/mol. The minimum atomic E-state index is 0.0139. The van der Waals surface area contributed by atoms with E-state index in [2.05, 4.69) is 229 Å². The van der Waals surface area contributed by atoms with Crippen molar-refractivity contribution in [2.75, 3.05) is 0 Å². The minimum absolute atomic E-state index is 0.0139. The van der Waals surface area contributed by atoms with Crippen LogP contribution in [0.25, 0.3) is 71.8 Å². The van der Waals surface area contributed by atoms with Crippen LogP contribution in [0.2, 0.25) is 0 Å². The maximum Gasteiger partial charge on any atom is 0.0352 e. The second-order valence-electron chi connectivity index (χ2n) is 17.3. The van der Waals surface area contributed by atoms with Crippen LogP contribution in [0.5, 0.6) is 0 Å². The summed E-state index contributed by atoms with van der Waals surface area (Å²) < 4.78 is 1.41. The van der Waals surface area contributed by atoms with Gasteiger partial charge in [0.1, 0.15) is 0 Å². The highest BCUT2D eigenvalue weighted by Gasteiger charge is 2.35. The Labute approximate surface area is 372 Å². The Bertz CT molecular complexity index is 2980. The summed E-state index contributed by atoms with van der Waals surface area (Å²) in [5, 5.41) is 1.42. The van der Waals surface area contributed by atoms with Crippen molar-refractivity contribution in [1.29, 1.82) is 0 Å². The van der Waals surface area contributed by atoms with Crippen molar-refractivity contribution in [3.8, 4) is 55.6 Å². The number of fused-ring (bicyclic) bond motifs is 6. The highest BCUT2D eigenvalue weighted by molar-refractivity contribution is 7.19. The zero-order valence-corrected chi connectivity index (χ0v) is 37.4. The zero-order chi connectivity index (χ0) is 42.6. The molecule has 1 heteroatoms. The Kier molecular flexibility index (Phi) is 11.7. The van der Waals surface area contributed by atoms with E-state index < -0.39 is 0 Å². The van der Waals surface area contributed by atoms with Gasteiger partial charge in [-0.1, -0.05) is 208 Å². The van der Waals surface area contributed by atoms with Crippen molar-refractivity contribution in [2.45, 2.75) is 59.3 Å². The molecule has 0 fully saturated rings. The third-order valence-corrected chi connectivity index (χ3v) is 13.9. The van der Waals surface area contributed by atoms with E-state index in [4.69, 9.17) is 0 Å². The van der Waals surface area contributed by atoms with Gasteiger partial charge in [-0.25, -0.2) is 0 Å². The number of hydrogen-bond acceptors (Lipinski definition) is 1. The van der Waals surface area contributed by atoms with Crippen molar-refractivity contribution in [3.05, 3.63) is 232 Å². The van der Waals surface area contributed by atoms with Gasteiger partial charge < -0.3 is 0 Å². The van der Waals surface area contributed by atoms with E-state index in [1.165, 1.54) is 112 Å². The minimum Gasteiger partial charge on any atom is -0.140 e. The van der Waals surface area contributed by atoms with E-state index >= 15 is 0 Å². The van der Waals surface area contributed by atoms with Crippen molar-refractivity contribution >= 4 is 27.5 Å². The Morgan fingerprint density at radius 3 is 1.60 bits per heavy atom. The molecule has 0 bridgehead atoms. The standard InChI is InChI=1S/C29H26.C19H16S.C13H12/c1-4-20-10-12-22(13-11-20)23-15-17-27-26(18-23)25-16-14-24(19-28(25)29(27,2)3)21-8-6-5-7-9-21;1-13-6-8-14(9-7-13)15-10-11-19-17(12-15)16-4-2-3-5-18(16)20-19;1-11-7-9-13(10-8-11)12-5-3-2-4-6-12/h5-19H,4H2,1-3H3;2,4,6-12H,3,5H2,1H3;2-10H,1H3. The van der Waals surface area contributed by atoms with Gasteiger partial charge in [-0.3, -0.25) is 0 Å². The van der Waals surface area contributed by atoms with Crippen molar-refractivity contribution in [2.24, 2.45) is 0 Å². The largest absolute Gasteiger partial charge is 0.140 e. The summed E-state index contributed by atoms with van der Waals surface area (Å²) in [6.07, 6.45) is 8.06. The fourth-order valence-electron chi connectivity index (χ4n) is 8.93. The van der Waals surface area contributed by atoms with E-state index in [1.54, 1.807) is 4.88 Å². The molecule has 1 heterocycles. The van der Waals surface area contributed by atoms with Crippen LogP contribution in [-0.4, -0.2) is 0 Å². The van der Waals surface area contributed by atoms with Crippen LogP contribution in [-0.2, 0) is 18.3 Å². The van der Waals surface area contributed by atoms with Crippen LogP contribution in [0, 0.1) is 13.8 Å². The van der Waals surface area contributed by atoms with Crippen LogP contribution < -0.4 is 0 Å². The van der Waals surface area contributed by atoms with Crippen LogP contribution in [0.3, 0.4) is 0 Å². The fraction of sp³-hybridized carbons (Fsp3) is 0.148. The van der Waals surface area contributed by atoms with E-state index in [1.807, 2.05) is 17.4 Å². The molecule has 0 saturated heterocycles. The first-order valence-corrected chi connectivity index (χ1v) is 22.9. The molecule has 0 atom stereocenters. The smallest absolute Gasteiger partial charge is 0.0352 e. The third kappa shape index (κ3) is 8.51. The predicted molar refractivity (Wildman–Crippen MR) is 270 cm³/mol. The molecule has 2 aliphatic carbocycles. The number of benzene rings is 8. The van der Waals surface area contributed by atoms with Gasteiger partial charge in [0.05, 0.1) is 0 Å². The predicted octanol–water partition coefficient (Wildman–Crippen LogP) is 17.4. The molecule has 1 aromatic heterocycles. The first kappa shape index (κ1) is 40.8. The Morgan fingerprint density at radius 1 is 0.468 bits per heavy atom. The maximum absolute atomic E-state index is 2.39. The molecule has 0 N–H and O–H groups in total. The monoisotopic (exact) mass is 818 g/mol. The number of hydrogen-bond donors (Lipinski definition) is 0. The molecule has 0 amide bonds. The fourth-order valence-corrected chi connectivity index (χ4v) is 10.1. The SMILES string of the molecule is CCc1ccc(-c2ccc3c(c2)-c2ccc(-c4ccccc4)cc2C3(C)C)cc1.Cc1ccc(-c2ccc3sc4c(c3c2)C=CCC4)cc1.Cc1ccc(-c2ccccc2)cc1. The van der Waals surface area contributed by atoms with Crippen molar-refractivity contribution in [1.82, 2.24) is 0 Å². The first-order chi connectivity index (χ1) is 30.2. The zero-order valence-electron chi connectivity index (χ0n) is 36.6. The molecule has 62 heavy (non-hydrogen) atoms. The molecular weight excluding hydrogens is 765 g/mol. The van der Waals surface area contributed by atoms with Crippen LogP contribution >= 0.6 is 11.3 Å². The van der Waals surface area contributed by atoms with E-state index in [0.29, 0.717) is 0 Å². The number of thiophene rings is 1. The summed E-state index contributed by atoms with van der Waals surface area (Å²) in [4.78, 5) is 1.54. The van der Waals surface area contributed by atoms with Gasteiger partial charge in [-0.05, 0) is 135 Å². The lowest BCUT2D eigenvalue weighted by atomic mass is 9.81. The molecular formula is C61H54S. The Hall–Kier alpha value is -6.54. The van der Waals surface area contributed by atoms with E-state index in [0.717, 1.165) is 6.42 Å². The molecule has 0 aliphatic heterocycles. The molecule has 0 spiro atoms. The maximum atomic E-state index is 2.39. The molecule has 304 valence electrons. The number of rotatable bonds is 5. The van der Waals surface area contributed by atoms with Crippen molar-refractivity contribution in [3.63, 3.8) is 0 Å². The van der Waals surface area contributed by atoms with Crippen LogP contribution in [0.1, 0.15) is 65.4 Å². The van der Waals surface area contributed by atoms with Crippen molar-refractivity contribution < 1.29 is 0 Å². The van der Waals surface area contributed by atoms with Crippen LogP contribution in [0.4, 0.5) is 0 Å². The summed E-state index contributed by atoms with van der Waals surface area (Å²) >= 11 is 1.95. The molecule has 0 saturated carbocycles. The van der Waals surface area contributed by atoms with Gasteiger partial charge in [0.25, 0.3) is 0 Å². The lowest BCUT2D eigenvalue weighted by Crippen LogP contribution is -2.15. The Balaban J connectivity index is 0.000000128. The molecule has 0 unspecified atom stereocenters. The van der Waals surface area contributed by atoms with E-state index in [9.17, 15) is 0 Å². The highest BCUT2D eigenvalue weighted by Crippen LogP contribution is 2.50. The van der Waals surface area contributed by atoms with Gasteiger partial charge in [0, 0.05) is 20.4 Å². The molecule has 8 aromatic carbocycles.